The third-order valence-corrected chi connectivity index (χ3v) is 7.89. The third kappa shape index (κ3) is 4.78. The molecule has 0 spiro atoms. The van der Waals surface area contributed by atoms with E-state index in [0.717, 1.165) is 34.3 Å². The maximum absolute atomic E-state index is 13.6. The summed E-state index contributed by atoms with van der Waals surface area (Å²) in [6.07, 6.45) is 2.08. The van der Waals surface area contributed by atoms with Gasteiger partial charge in [0.05, 0.1) is 30.5 Å². The number of rotatable bonds is 6. The third-order valence-electron chi connectivity index (χ3n) is 5.80. The van der Waals surface area contributed by atoms with Crippen LogP contribution in [-0.4, -0.2) is 38.6 Å². The first-order chi connectivity index (χ1) is 17.3. The van der Waals surface area contributed by atoms with Crippen molar-refractivity contribution in [3.63, 3.8) is 0 Å². The van der Waals surface area contributed by atoms with E-state index in [0.29, 0.717) is 40.6 Å². The van der Waals surface area contributed by atoms with Gasteiger partial charge in [-0.1, -0.05) is 11.8 Å². The van der Waals surface area contributed by atoms with Crippen LogP contribution in [0, 0.1) is 11.6 Å². The molecule has 1 aliphatic heterocycles. The van der Waals surface area contributed by atoms with Crippen LogP contribution in [-0.2, 0) is 29.1 Å². The van der Waals surface area contributed by atoms with Crippen molar-refractivity contribution >= 4 is 50.8 Å². The summed E-state index contributed by atoms with van der Waals surface area (Å²) in [7, 11) is 0. The van der Waals surface area contributed by atoms with Crippen LogP contribution in [0.1, 0.15) is 23.1 Å². The lowest BCUT2D eigenvalue weighted by Crippen LogP contribution is -2.34. The summed E-state index contributed by atoms with van der Waals surface area (Å²) in [5, 5.41) is 3.37. The summed E-state index contributed by atoms with van der Waals surface area (Å²) in [5.41, 5.74) is 0.788. The molecule has 0 atom stereocenters. The molecule has 186 valence electrons. The van der Waals surface area contributed by atoms with Gasteiger partial charge in [0.1, 0.15) is 10.6 Å². The van der Waals surface area contributed by atoms with Gasteiger partial charge in [0.15, 0.2) is 16.8 Å². The Morgan fingerprint density at radius 3 is 2.81 bits per heavy atom. The van der Waals surface area contributed by atoms with Gasteiger partial charge in [0.2, 0.25) is 11.8 Å². The van der Waals surface area contributed by atoms with Crippen LogP contribution in [0.3, 0.4) is 0 Å². The molecule has 8 nitrogen and oxygen atoms in total. The van der Waals surface area contributed by atoms with E-state index < -0.39 is 17.5 Å². The minimum absolute atomic E-state index is 0.0235. The highest BCUT2D eigenvalue weighted by Gasteiger charge is 2.26. The van der Waals surface area contributed by atoms with Gasteiger partial charge in [-0.3, -0.25) is 19.0 Å². The number of amides is 2. The summed E-state index contributed by atoms with van der Waals surface area (Å²) in [4.78, 5) is 45.9. The smallest absolute Gasteiger partial charge is 0.263 e. The van der Waals surface area contributed by atoms with Gasteiger partial charge in [-0.15, -0.1) is 11.3 Å². The molecule has 1 aliphatic rings. The maximum atomic E-state index is 13.6. The number of thiophene rings is 1. The Balaban J connectivity index is 1.46. The van der Waals surface area contributed by atoms with Crippen LogP contribution < -0.4 is 10.9 Å². The fourth-order valence-corrected chi connectivity index (χ4v) is 6.11. The quantitative estimate of drug-likeness (QED) is 0.299. The molecule has 12 heteroatoms. The zero-order chi connectivity index (χ0) is 25.4. The molecule has 4 heterocycles. The first-order valence-electron chi connectivity index (χ1n) is 11.0. The van der Waals surface area contributed by atoms with E-state index in [1.54, 1.807) is 17.0 Å². The highest BCUT2D eigenvalue weighted by atomic mass is 32.2. The Morgan fingerprint density at radius 2 is 2.08 bits per heavy atom. The number of hydrogen-bond acceptors (Lipinski definition) is 7. The van der Waals surface area contributed by atoms with Gasteiger partial charge in [0.25, 0.3) is 5.56 Å². The fraction of sp³-hybridized carbons (Fsp3) is 0.250. The number of hydrogen-bond donors (Lipinski definition) is 1. The number of nitrogens with zero attached hydrogens (tertiary/aromatic N) is 3. The number of anilines is 1. The summed E-state index contributed by atoms with van der Waals surface area (Å²) in [5.74, 6) is -2.12. The van der Waals surface area contributed by atoms with Gasteiger partial charge >= 0.3 is 0 Å². The van der Waals surface area contributed by atoms with E-state index in [-0.39, 0.29) is 29.5 Å². The molecule has 0 saturated heterocycles. The van der Waals surface area contributed by atoms with Crippen LogP contribution in [0.2, 0.25) is 0 Å². The molecule has 0 saturated carbocycles. The van der Waals surface area contributed by atoms with Crippen LogP contribution in [0.4, 0.5) is 14.5 Å². The minimum Gasteiger partial charge on any atom is -0.467 e. The lowest BCUT2D eigenvalue weighted by Gasteiger charge is -2.25. The SMILES string of the molecule is CC(=O)N1CCc2c(sc3nc(SCC(=O)Nc4ccc(F)c(F)c4)n(Cc4ccco4)c(=O)c23)C1. The maximum Gasteiger partial charge on any atom is 0.263 e. The molecule has 5 rings (SSSR count). The standard InChI is InChI=1S/C24H20F2N4O4S2/c1-13(31)29-7-6-16-19(11-29)36-22-21(16)23(33)30(10-15-3-2-8-34-15)24(28-22)35-12-20(32)27-14-4-5-17(25)18(26)9-14/h2-5,8-9H,6-7,10-12H2,1H3,(H,27,32). The number of furan rings is 1. The van der Waals surface area contributed by atoms with E-state index in [9.17, 15) is 23.2 Å². The molecule has 0 aliphatic carbocycles. The highest BCUT2D eigenvalue weighted by molar-refractivity contribution is 7.99. The van der Waals surface area contributed by atoms with Gasteiger partial charge in [-0.2, -0.15) is 0 Å². The fourth-order valence-electron chi connectivity index (χ4n) is 4.04. The first kappa shape index (κ1) is 24.2. The molecule has 1 N–H and O–H groups in total. The lowest BCUT2D eigenvalue weighted by molar-refractivity contribution is -0.129. The Morgan fingerprint density at radius 1 is 1.25 bits per heavy atom. The van der Waals surface area contributed by atoms with E-state index in [1.807, 2.05) is 0 Å². The van der Waals surface area contributed by atoms with Crippen molar-refractivity contribution in [2.45, 2.75) is 31.6 Å². The van der Waals surface area contributed by atoms with Gasteiger partial charge < -0.3 is 14.6 Å². The second-order valence-electron chi connectivity index (χ2n) is 8.21. The highest BCUT2D eigenvalue weighted by Crippen LogP contribution is 2.34. The van der Waals surface area contributed by atoms with Crippen molar-refractivity contribution in [1.29, 1.82) is 0 Å². The number of nitrogens with one attached hydrogen (secondary N) is 1. The molecule has 4 aromatic rings. The Hall–Kier alpha value is -3.51. The topological polar surface area (TPSA) is 97.4 Å². The number of carbonyl (C=O) groups is 2. The molecule has 0 fully saturated rings. The predicted octanol–water partition coefficient (Wildman–Crippen LogP) is 4.01. The number of carbonyl (C=O) groups excluding carboxylic acids is 2. The molecule has 2 amide bonds. The molecule has 1 aromatic carbocycles. The summed E-state index contributed by atoms with van der Waals surface area (Å²) < 4.78 is 33.5. The van der Waals surface area contributed by atoms with E-state index in [1.165, 1.54) is 35.2 Å². The summed E-state index contributed by atoms with van der Waals surface area (Å²) in [6.45, 7) is 2.62. The average Bonchev–Trinajstić information content (AvgIpc) is 3.49. The molecular formula is C24H20F2N4O4S2. The van der Waals surface area contributed by atoms with Crippen molar-refractivity contribution in [1.82, 2.24) is 14.5 Å². The Labute approximate surface area is 211 Å². The van der Waals surface area contributed by atoms with E-state index >= 15 is 0 Å². The molecule has 0 radical (unpaired) electrons. The number of fused-ring (bicyclic) bond motifs is 3. The average molecular weight is 531 g/mol. The zero-order valence-corrected chi connectivity index (χ0v) is 20.7. The molecule has 3 aromatic heterocycles. The van der Waals surface area contributed by atoms with Gasteiger partial charge in [-0.05, 0) is 36.2 Å². The van der Waals surface area contributed by atoms with Crippen LogP contribution >= 0.6 is 23.1 Å². The Bertz CT molecular complexity index is 1530. The molecule has 0 unspecified atom stereocenters. The van der Waals surface area contributed by atoms with Crippen LogP contribution in [0.15, 0.2) is 51.0 Å². The van der Waals surface area contributed by atoms with E-state index in [4.69, 9.17) is 9.40 Å². The second kappa shape index (κ2) is 9.86. The van der Waals surface area contributed by atoms with Crippen molar-refractivity contribution in [3.05, 3.63) is 74.8 Å². The predicted molar refractivity (Wildman–Crippen MR) is 132 cm³/mol. The normalized spacial score (nSPS) is 13.1. The number of benzene rings is 1. The van der Waals surface area contributed by atoms with Crippen molar-refractivity contribution in [2.24, 2.45) is 0 Å². The summed E-state index contributed by atoms with van der Waals surface area (Å²) in [6, 6.07) is 6.56. The minimum atomic E-state index is -1.06. The molecule has 36 heavy (non-hydrogen) atoms. The van der Waals surface area contributed by atoms with E-state index in [2.05, 4.69) is 5.32 Å². The van der Waals surface area contributed by atoms with Crippen molar-refractivity contribution in [3.8, 4) is 0 Å². The van der Waals surface area contributed by atoms with Crippen molar-refractivity contribution < 1.29 is 22.8 Å². The van der Waals surface area contributed by atoms with Crippen LogP contribution in [0.5, 0.6) is 0 Å². The number of aromatic nitrogens is 2. The second-order valence-corrected chi connectivity index (χ2v) is 10.2. The number of halogens is 2. The lowest BCUT2D eigenvalue weighted by atomic mass is 10.1. The zero-order valence-electron chi connectivity index (χ0n) is 19.0. The summed E-state index contributed by atoms with van der Waals surface area (Å²) >= 11 is 2.43. The van der Waals surface area contributed by atoms with Gasteiger partial charge in [-0.25, -0.2) is 13.8 Å². The first-order valence-corrected chi connectivity index (χ1v) is 12.8. The van der Waals surface area contributed by atoms with Crippen LogP contribution in [0.25, 0.3) is 10.2 Å². The largest absolute Gasteiger partial charge is 0.467 e. The number of thioether (sulfide) groups is 1. The van der Waals surface area contributed by atoms with Crippen molar-refractivity contribution in [2.75, 3.05) is 17.6 Å². The molecular weight excluding hydrogens is 510 g/mol. The Kier molecular flexibility index (Phi) is 6.63. The van der Waals surface area contributed by atoms with Gasteiger partial charge in [0, 0.05) is 30.1 Å². The monoisotopic (exact) mass is 530 g/mol. The molecule has 0 bridgehead atoms.